The molecule has 1 aromatic heterocycles. The molecule has 8 rings (SSSR count). The minimum Gasteiger partial charge on any atom is -0.473 e. The van der Waals surface area contributed by atoms with Gasteiger partial charge in [0.2, 0.25) is 21.8 Å². The minimum absolute atomic E-state index is 0.00409. The summed E-state index contributed by atoms with van der Waals surface area (Å²) < 4.78 is 40.3. The van der Waals surface area contributed by atoms with Crippen molar-refractivity contribution in [1.82, 2.24) is 25.2 Å². The number of rotatable bonds is 7. The molecule has 15 heteroatoms. The number of carbonyl (C=O) groups is 4. The molecule has 1 aromatic carbocycles. The first-order chi connectivity index (χ1) is 27.0. The second-order valence-corrected chi connectivity index (χ2v) is 18.5. The van der Waals surface area contributed by atoms with Crippen molar-refractivity contribution in [3.63, 3.8) is 0 Å². The molecule has 2 bridgehead atoms. The van der Waals surface area contributed by atoms with Crippen LogP contribution in [-0.4, -0.2) is 83.7 Å². The van der Waals surface area contributed by atoms with Gasteiger partial charge in [0.15, 0.2) is 11.3 Å². The smallest absolute Gasteiger partial charge is 0.408 e. The molecule has 0 radical (unpaired) electrons. The number of benzene rings is 1. The molecule has 2 aromatic rings. The lowest BCUT2D eigenvalue weighted by molar-refractivity contribution is -0.142. The van der Waals surface area contributed by atoms with Crippen LogP contribution in [0.4, 0.5) is 4.79 Å². The number of amides is 4. The summed E-state index contributed by atoms with van der Waals surface area (Å²) in [7, 11) is -3.91. The number of ether oxygens (including phenoxy) is 2. The summed E-state index contributed by atoms with van der Waals surface area (Å²) in [5, 5.41) is 5.61. The van der Waals surface area contributed by atoms with Gasteiger partial charge < -0.3 is 30.0 Å². The molecule has 0 unspecified atom stereocenters. The van der Waals surface area contributed by atoms with Gasteiger partial charge in [-0.25, -0.2) is 13.2 Å². The number of sulfonamides is 1. The van der Waals surface area contributed by atoms with Crippen LogP contribution in [0.3, 0.4) is 0 Å². The SMILES string of the molecule is C=C[C@@H]1C[C@]1(NC(=O)[C@@H]1C[C@@H]2CN1C(=O)[C@H](C1CCCC1)NC(=O)O[C@@H]1CCC[C@H]1CC/C=C/Cc1c([nH]c3ccccc3c1=O)O2)C(=O)NS(=O)(=O)C1CC1. The predicted octanol–water partition coefficient (Wildman–Crippen LogP) is 3.89. The Morgan fingerprint density at radius 3 is 2.46 bits per heavy atom. The second kappa shape index (κ2) is 15.4. The number of aromatic amines is 1. The van der Waals surface area contributed by atoms with Gasteiger partial charge >= 0.3 is 6.09 Å². The van der Waals surface area contributed by atoms with Gasteiger partial charge in [0.25, 0.3) is 5.91 Å². The van der Waals surface area contributed by atoms with Gasteiger partial charge in [-0.05, 0) is 94.6 Å². The molecule has 4 N–H and O–H groups in total. The van der Waals surface area contributed by atoms with Crippen molar-refractivity contribution < 1.29 is 37.1 Å². The molecule has 56 heavy (non-hydrogen) atoms. The lowest BCUT2D eigenvalue weighted by Gasteiger charge is -2.32. The Morgan fingerprint density at radius 1 is 0.946 bits per heavy atom. The third-order valence-corrected chi connectivity index (χ3v) is 14.6. The highest BCUT2D eigenvalue weighted by Gasteiger charge is 2.62. The number of para-hydroxylation sites is 1. The van der Waals surface area contributed by atoms with Gasteiger partial charge in [-0.1, -0.05) is 43.2 Å². The Morgan fingerprint density at radius 2 is 1.71 bits per heavy atom. The highest BCUT2D eigenvalue weighted by molar-refractivity contribution is 7.91. The van der Waals surface area contributed by atoms with Crippen molar-refractivity contribution >= 4 is 44.7 Å². The van der Waals surface area contributed by atoms with Crippen LogP contribution in [0, 0.1) is 17.8 Å². The van der Waals surface area contributed by atoms with Gasteiger partial charge in [0, 0.05) is 17.7 Å². The zero-order chi connectivity index (χ0) is 39.2. The average molecular weight is 790 g/mol. The summed E-state index contributed by atoms with van der Waals surface area (Å²) in [6.45, 7) is 3.75. The summed E-state index contributed by atoms with van der Waals surface area (Å²) >= 11 is 0. The van der Waals surface area contributed by atoms with Crippen molar-refractivity contribution in [2.75, 3.05) is 6.54 Å². The van der Waals surface area contributed by atoms with Crippen molar-refractivity contribution in [1.29, 1.82) is 0 Å². The van der Waals surface area contributed by atoms with Crippen LogP contribution in [0.2, 0.25) is 0 Å². The molecule has 4 aliphatic carbocycles. The first kappa shape index (κ1) is 38.2. The number of pyridine rings is 1. The Labute approximate surface area is 326 Å². The van der Waals surface area contributed by atoms with Crippen LogP contribution in [0.25, 0.3) is 10.9 Å². The van der Waals surface area contributed by atoms with E-state index in [4.69, 9.17) is 9.47 Å². The normalized spacial score (nSPS) is 31.8. The van der Waals surface area contributed by atoms with Gasteiger partial charge in [-0.15, -0.1) is 6.58 Å². The summed E-state index contributed by atoms with van der Waals surface area (Å²) in [4.78, 5) is 75.1. The number of hydrogen-bond acceptors (Lipinski definition) is 9. The average Bonchev–Trinajstić information content (AvgIpc) is 3.96. The van der Waals surface area contributed by atoms with E-state index in [0.717, 1.165) is 44.9 Å². The quantitative estimate of drug-likeness (QED) is 0.301. The minimum atomic E-state index is -3.91. The van der Waals surface area contributed by atoms with Crippen molar-refractivity contribution in [2.24, 2.45) is 17.8 Å². The monoisotopic (exact) mass is 789 g/mol. The molecule has 3 heterocycles. The summed E-state index contributed by atoms with van der Waals surface area (Å²) in [6, 6.07) is 5.04. The summed E-state index contributed by atoms with van der Waals surface area (Å²) in [6.07, 6.45) is 12.5. The topological polar surface area (TPSA) is 193 Å². The summed E-state index contributed by atoms with van der Waals surface area (Å²) in [5.74, 6) is -2.27. The van der Waals surface area contributed by atoms with E-state index in [1.54, 1.807) is 18.2 Å². The van der Waals surface area contributed by atoms with Crippen LogP contribution in [0.15, 0.2) is 53.9 Å². The largest absolute Gasteiger partial charge is 0.473 e. The molecule has 300 valence electrons. The molecule has 14 nitrogen and oxygen atoms in total. The number of alkyl carbamates (subject to hydrolysis) is 1. The van der Waals surface area contributed by atoms with E-state index in [9.17, 15) is 32.4 Å². The number of fused-ring (bicyclic) bond motifs is 5. The predicted molar refractivity (Wildman–Crippen MR) is 207 cm³/mol. The molecule has 0 spiro atoms. The molecule has 2 aliphatic heterocycles. The summed E-state index contributed by atoms with van der Waals surface area (Å²) in [5.41, 5.74) is -0.740. The second-order valence-electron chi connectivity index (χ2n) is 16.5. The first-order valence-electron chi connectivity index (χ1n) is 20.2. The zero-order valence-electron chi connectivity index (χ0n) is 31.5. The van der Waals surface area contributed by atoms with Crippen LogP contribution in [0.5, 0.6) is 5.88 Å². The Bertz CT molecular complexity index is 2110. The van der Waals surface area contributed by atoms with E-state index >= 15 is 0 Å². The molecule has 7 atom stereocenters. The van der Waals surface area contributed by atoms with Crippen LogP contribution in [-0.2, 0) is 35.6 Å². The van der Waals surface area contributed by atoms with E-state index in [1.165, 1.54) is 11.0 Å². The lowest BCUT2D eigenvalue weighted by Crippen LogP contribution is -2.59. The van der Waals surface area contributed by atoms with E-state index in [-0.39, 0.29) is 55.1 Å². The molecule has 6 aliphatic rings. The number of H-pyrrole nitrogens is 1. The van der Waals surface area contributed by atoms with Crippen LogP contribution in [0.1, 0.15) is 89.0 Å². The number of aromatic nitrogens is 1. The van der Waals surface area contributed by atoms with Crippen LogP contribution < -0.4 is 25.5 Å². The standard InChI is InChI=1S/C41H51N5O9S/c1-2-26-22-41(26,39(50)45-56(52,53)28-19-20-28)44-36(48)32-21-27-23-46(32)38(49)34(25-12-6-7-13-25)43-40(51)55-33-18-10-14-24(33)11-4-3-5-16-30-35(47)29-15-8-9-17-31(29)42-37(30)54-27/h2-3,5,8-9,15,17,24-28,32-34H,1,4,6-7,10-14,16,18-23H2,(H,42,47)(H,43,51)(H,44,48)(H,45,50)/b5-3+/t24-,26-,27-,32+,33-,34+,41-/m1/s1. The maximum atomic E-state index is 14.8. The number of allylic oxidation sites excluding steroid dienone is 2. The van der Waals surface area contributed by atoms with E-state index < -0.39 is 68.7 Å². The lowest BCUT2D eigenvalue weighted by atomic mass is 9.96. The van der Waals surface area contributed by atoms with Crippen LogP contribution >= 0.6 is 0 Å². The number of carbonyl (C=O) groups excluding carboxylic acids is 4. The molecule has 5 fully saturated rings. The number of hydrogen-bond donors (Lipinski definition) is 4. The third-order valence-electron chi connectivity index (χ3n) is 12.8. The molecule has 4 amide bonds. The fourth-order valence-corrected chi connectivity index (χ4v) is 10.7. The highest BCUT2D eigenvalue weighted by Crippen LogP contribution is 2.46. The third kappa shape index (κ3) is 7.58. The Kier molecular flexibility index (Phi) is 10.5. The number of nitrogens with one attached hydrogen (secondary N) is 4. The van der Waals surface area contributed by atoms with Crippen molar-refractivity contribution in [3.8, 4) is 5.88 Å². The molecular weight excluding hydrogens is 739 g/mol. The van der Waals surface area contributed by atoms with Crippen molar-refractivity contribution in [3.05, 3.63) is 64.9 Å². The van der Waals surface area contributed by atoms with Gasteiger partial charge in [-0.2, -0.15) is 0 Å². The Balaban J connectivity index is 1.14. The Hall–Kier alpha value is -4.66. The van der Waals surface area contributed by atoms with E-state index in [2.05, 4.69) is 26.9 Å². The van der Waals surface area contributed by atoms with Gasteiger partial charge in [0.1, 0.15) is 29.8 Å². The van der Waals surface area contributed by atoms with Gasteiger partial charge in [-0.3, -0.25) is 23.9 Å². The first-order valence-corrected chi connectivity index (χ1v) is 21.8. The zero-order valence-corrected chi connectivity index (χ0v) is 32.3. The highest BCUT2D eigenvalue weighted by atomic mass is 32.2. The number of nitrogens with zero attached hydrogens (tertiary/aromatic N) is 1. The van der Waals surface area contributed by atoms with Crippen molar-refractivity contribution in [2.45, 2.75) is 125 Å². The van der Waals surface area contributed by atoms with E-state index in [0.29, 0.717) is 42.1 Å². The fraction of sp³-hybridized carbons (Fsp3) is 0.585. The molecule has 1 saturated heterocycles. The van der Waals surface area contributed by atoms with E-state index in [1.807, 2.05) is 18.2 Å². The molecular formula is C41H51N5O9S. The maximum Gasteiger partial charge on any atom is 0.408 e. The molecule has 4 saturated carbocycles. The maximum absolute atomic E-state index is 14.8. The fourth-order valence-electron chi connectivity index (χ4n) is 9.37. The van der Waals surface area contributed by atoms with Gasteiger partial charge in [0.05, 0.1) is 22.9 Å².